The highest BCUT2D eigenvalue weighted by atomic mass is 19.1. The second-order valence-electron chi connectivity index (χ2n) is 8.02. The summed E-state index contributed by atoms with van der Waals surface area (Å²) in [6.45, 7) is 0. The lowest BCUT2D eigenvalue weighted by Crippen LogP contribution is -2.33. The second kappa shape index (κ2) is 8.33. The monoisotopic (exact) mass is 467 g/mol. The topological polar surface area (TPSA) is 74.0 Å². The smallest absolute Gasteiger partial charge is 0.251 e. The van der Waals surface area contributed by atoms with Crippen LogP contribution >= 0.6 is 0 Å². The number of hydrogen-bond donors (Lipinski definition) is 3. The van der Waals surface area contributed by atoms with Gasteiger partial charge in [0.15, 0.2) is 0 Å². The fraction of sp³-hybridized carbons (Fsp3) is 0.120. The average molecular weight is 467 g/mol. The normalized spacial score (nSPS) is 14.8. The van der Waals surface area contributed by atoms with Crippen molar-refractivity contribution in [3.05, 3.63) is 89.0 Å². The molecule has 3 N–H and O–H groups in total. The fourth-order valence-corrected chi connectivity index (χ4v) is 4.24. The first-order valence-corrected chi connectivity index (χ1v) is 10.5. The van der Waals surface area contributed by atoms with Crippen molar-refractivity contribution in [1.82, 2.24) is 10.3 Å². The maximum absolute atomic E-state index is 14.4. The molecule has 1 aliphatic rings. The van der Waals surface area contributed by atoms with E-state index in [9.17, 15) is 27.2 Å². The van der Waals surface area contributed by atoms with Crippen molar-refractivity contribution in [2.45, 2.75) is 18.9 Å². The number of halogens is 4. The average Bonchev–Trinajstić information content (AvgIpc) is 3.30. The molecule has 0 saturated heterocycles. The van der Waals surface area contributed by atoms with Crippen LogP contribution in [0.1, 0.15) is 23.6 Å². The van der Waals surface area contributed by atoms with Crippen LogP contribution in [0.2, 0.25) is 0 Å². The first-order valence-electron chi connectivity index (χ1n) is 10.5. The van der Waals surface area contributed by atoms with Crippen LogP contribution in [0, 0.1) is 23.3 Å². The van der Waals surface area contributed by atoms with Crippen molar-refractivity contribution in [2.24, 2.45) is 0 Å². The molecule has 2 amide bonds. The molecule has 1 atom stereocenters. The van der Waals surface area contributed by atoms with Gasteiger partial charge in [0, 0.05) is 34.8 Å². The molecule has 0 saturated carbocycles. The molecule has 2 heterocycles. The number of aromatic amines is 1. The van der Waals surface area contributed by atoms with Crippen molar-refractivity contribution < 1.29 is 27.2 Å². The van der Waals surface area contributed by atoms with Gasteiger partial charge < -0.3 is 15.6 Å². The van der Waals surface area contributed by atoms with Crippen LogP contribution in [0.25, 0.3) is 22.2 Å². The number of benzene rings is 3. The van der Waals surface area contributed by atoms with Crippen LogP contribution in [0.15, 0.2) is 54.6 Å². The summed E-state index contributed by atoms with van der Waals surface area (Å²) in [5.74, 6) is -3.56. The standard InChI is InChI=1S/C25H17F4N3O2/c26-13-3-1-12(2-4-13)22-16(17-10-15(28)11-19(29)23(17)32-22)6-8-21(33)31-24-18-9-14(27)5-7-20(18)30-25(24)34/h1-5,7,9-11,24,32H,6,8H2,(H,30,34)(H,31,33). The number of amides is 2. The molecule has 0 bridgehead atoms. The Balaban J connectivity index is 1.43. The van der Waals surface area contributed by atoms with Gasteiger partial charge in [-0.05, 0) is 66.1 Å². The molecule has 172 valence electrons. The Hall–Kier alpha value is -4.14. The molecule has 0 radical (unpaired) electrons. The van der Waals surface area contributed by atoms with Gasteiger partial charge in [-0.25, -0.2) is 17.6 Å². The summed E-state index contributed by atoms with van der Waals surface area (Å²) in [6, 6.07) is 10.1. The Morgan fingerprint density at radius 2 is 1.65 bits per heavy atom. The van der Waals surface area contributed by atoms with E-state index in [1.807, 2.05) is 0 Å². The molecule has 0 spiro atoms. The Labute approximate surface area is 190 Å². The third-order valence-electron chi connectivity index (χ3n) is 5.82. The first kappa shape index (κ1) is 21.7. The fourth-order valence-electron chi connectivity index (χ4n) is 4.24. The highest BCUT2D eigenvalue weighted by Gasteiger charge is 2.32. The number of fused-ring (bicyclic) bond motifs is 2. The number of aromatic nitrogens is 1. The van der Waals surface area contributed by atoms with Gasteiger partial charge in [-0.3, -0.25) is 9.59 Å². The van der Waals surface area contributed by atoms with E-state index in [2.05, 4.69) is 15.6 Å². The van der Waals surface area contributed by atoms with E-state index in [1.54, 1.807) is 0 Å². The van der Waals surface area contributed by atoms with Gasteiger partial charge in [0.2, 0.25) is 5.91 Å². The lowest BCUT2D eigenvalue weighted by atomic mass is 10.0. The number of hydrogen-bond acceptors (Lipinski definition) is 2. The van der Waals surface area contributed by atoms with Gasteiger partial charge in [0.25, 0.3) is 5.91 Å². The van der Waals surface area contributed by atoms with Crippen molar-refractivity contribution in [1.29, 1.82) is 0 Å². The zero-order valence-electron chi connectivity index (χ0n) is 17.5. The number of rotatable bonds is 5. The molecule has 1 unspecified atom stereocenters. The van der Waals surface area contributed by atoms with Gasteiger partial charge in [0.1, 0.15) is 29.3 Å². The number of carbonyl (C=O) groups excluding carboxylic acids is 2. The molecular weight excluding hydrogens is 450 g/mol. The molecule has 0 fully saturated rings. The molecule has 3 aromatic carbocycles. The summed E-state index contributed by atoms with van der Waals surface area (Å²) in [7, 11) is 0. The second-order valence-corrected chi connectivity index (χ2v) is 8.02. The van der Waals surface area contributed by atoms with Gasteiger partial charge in [-0.15, -0.1) is 0 Å². The van der Waals surface area contributed by atoms with Gasteiger partial charge >= 0.3 is 0 Å². The quantitative estimate of drug-likeness (QED) is 0.356. The van der Waals surface area contributed by atoms with E-state index in [4.69, 9.17) is 0 Å². The van der Waals surface area contributed by atoms with Crippen LogP contribution in [0.5, 0.6) is 0 Å². The summed E-state index contributed by atoms with van der Waals surface area (Å²) in [5, 5.41) is 5.43. The van der Waals surface area contributed by atoms with Gasteiger partial charge in [0.05, 0.1) is 5.52 Å². The highest BCUT2D eigenvalue weighted by Crippen LogP contribution is 2.34. The maximum Gasteiger partial charge on any atom is 0.251 e. The third kappa shape index (κ3) is 3.89. The van der Waals surface area contributed by atoms with Crippen LogP contribution < -0.4 is 10.6 Å². The van der Waals surface area contributed by atoms with E-state index >= 15 is 0 Å². The summed E-state index contributed by atoms with van der Waals surface area (Å²) >= 11 is 0. The SMILES string of the molecule is O=C(CCc1c(-c2ccc(F)cc2)[nH]c2c(F)cc(F)cc12)NC1C(=O)Nc2ccc(F)cc21. The summed E-state index contributed by atoms with van der Waals surface area (Å²) in [6.07, 6.45) is -0.0422. The van der Waals surface area contributed by atoms with E-state index in [1.165, 1.54) is 48.5 Å². The molecule has 5 rings (SSSR count). The van der Waals surface area contributed by atoms with Crippen molar-refractivity contribution in [2.75, 3.05) is 5.32 Å². The lowest BCUT2D eigenvalue weighted by Gasteiger charge is -2.12. The number of aryl methyl sites for hydroxylation is 1. The van der Waals surface area contributed by atoms with Crippen molar-refractivity contribution in [3.8, 4) is 11.3 Å². The molecule has 9 heteroatoms. The van der Waals surface area contributed by atoms with Crippen LogP contribution in [0.3, 0.4) is 0 Å². The Morgan fingerprint density at radius 1 is 0.912 bits per heavy atom. The molecule has 0 aliphatic carbocycles. The minimum atomic E-state index is -1.05. The first-order chi connectivity index (χ1) is 16.3. The predicted molar refractivity (Wildman–Crippen MR) is 118 cm³/mol. The maximum atomic E-state index is 14.4. The minimum absolute atomic E-state index is 0.0655. The number of nitrogens with one attached hydrogen (secondary N) is 3. The van der Waals surface area contributed by atoms with E-state index < -0.39 is 41.1 Å². The molecule has 4 aromatic rings. The van der Waals surface area contributed by atoms with Crippen LogP contribution in [-0.4, -0.2) is 16.8 Å². The van der Waals surface area contributed by atoms with E-state index in [-0.39, 0.29) is 23.7 Å². The zero-order chi connectivity index (χ0) is 24.0. The Bertz CT molecular complexity index is 1450. The Kier molecular flexibility index (Phi) is 5.31. The molecule has 1 aromatic heterocycles. The van der Waals surface area contributed by atoms with Crippen molar-refractivity contribution in [3.63, 3.8) is 0 Å². The Morgan fingerprint density at radius 3 is 2.41 bits per heavy atom. The number of anilines is 1. The predicted octanol–water partition coefficient (Wildman–Crippen LogP) is 5.13. The summed E-state index contributed by atoms with van der Waals surface area (Å²) in [4.78, 5) is 27.9. The third-order valence-corrected chi connectivity index (χ3v) is 5.82. The van der Waals surface area contributed by atoms with Crippen LogP contribution in [-0.2, 0) is 16.0 Å². The van der Waals surface area contributed by atoms with E-state index in [0.29, 0.717) is 28.1 Å². The molecule has 1 aliphatic heterocycles. The number of carbonyl (C=O) groups is 2. The zero-order valence-corrected chi connectivity index (χ0v) is 17.5. The largest absolute Gasteiger partial charge is 0.352 e. The summed E-state index contributed by atoms with van der Waals surface area (Å²) < 4.78 is 55.4. The minimum Gasteiger partial charge on any atom is -0.352 e. The molecular formula is C25H17F4N3O2. The molecule has 34 heavy (non-hydrogen) atoms. The lowest BCUT2D eigenvalue weighted by molar-refractivity contribution is -0.126. The van der Waals surface area contributed by atoms with E-state index in [0.717, 1.165) is 6.07 Å². The van der Waals surface area contributed by atoms with Crippen LogP contribution in [0.4, 0.5) is 23.2 Å². The molecule has 5 nitrogen and oxygen atoms in total. The van der Waals surface area contributed by atoms with Gasteiger partial charge in [-0.1, -0.05) is 0 Å². The summed E-state index contributed by atoms with van der Waals surface area (Å²) in [5.41, 5.74) is 2.23. The van der Waals surface area contributed by atoms with Crippen molar-refractivity contribution >= 4 is 28.4 Å². The number of H-pyrrole nitrogens is 1. The highest BCUT2D eigenvalue weighted by molar-refractivity contribution is 6.04. The van der Waals surface area contributed by atoms with Gasteiger partial charge in [-0.2, -0.15) is 0 Å².